The zero-order valence-electron chi connectivity index (χ0n) is 26.6. The van der Waals surface area contributed by atoms with Gasteiger partial charge in [-0.2, -0.15) is 0 Å². The number of nitrogens with one attached hydrogen (secondary N) is 1. The minimum absolute atomic E-state index is 0.0368. The van der Waals surface area contributed by atoms with Crippen LogP contribution in [0.15, 0.2) is 0 Å². The molecule has 0 saturated heterocycles. The van der Waals surface area contributed by atoms with E-state index in [0.29, 0.717) is 48.2 Å². The first-order valence-electron chi connectivity index (χ1n) is 16.5. The molecule has 4 saturated carbocycles. The Morgan fingerprint density at radius 1 is 1.02 bits per heavy atom. The van der Waals surface area contributed by atoms with Crippen molar-refractivity contribution in [3.05, 3.63) is 0 Å². The summed E-state index contributed by atoms with van der Waals surface area (Å²) in [5.74, 6) is 1.38. The van der Waals surface area contributed by atoms with Crippen molar-refractivity contribution in [3.8, 4) is 0 Å². The van der Waals surface area contributed by atoms with Gasteiger partial charge in [0.2, 0.25) is 5.91 Å². The van der Waals surface area contributed by atoms with Gasteiger partial charge in [-0.25, -0.2) is 8.42 Å². The van der Waals surface area contributed by atoms with Crippen LogP contribution in [0.2, 0.25) is 0 Å². The summed E-state index contributed by atoms with van der Waals surface area (Å²) in [6.07, 6.45) is 7.35. The molecule has 9 nitrogen and oxygen atoms in total. The van der Waals surface area contributed by atoms with E-state index in [9.17, 15) is 33.1 Å². The van der Waals surface area contributed by atoms with Crippen LogP contribution in [0, 0.1) is 46.3 Å². The lowest BCUT2D eigenvalue weighted by atomic mass is 9.43. The number of rotatable bonds is 12. The summed E-state index contributed by atoms with van der Waals surface area (Å²) < 4.78 is 33.1. The van der Waals surface area contributed by atoms with Crippen LogP contribution in [0.1, 0.15) is 91.4 Å². The first-order valence-corrected chi connectivity index (χ1v) is 18.1. The molecule has 10 heteroatoms. The molecule has 0 spiro atoms. The quantitative estimate of drug-likeness (QED) is 0.150. The van der Waals surface area contributed by atoms with Crippen LogP contribution >= 0.6 is 0 Å². The van der Waals surface area contributed by atoms with Gasteiger partial charge < -0.3 is 29.7 Å². The summed E-state index contributed by atoms with van der Waals surface area (Å²) in [6, 6.07) is 0. The molecule has 0 aromatic heterocycles. The fraction of sp³-hybridized carbons (Fsp3) is 0.969. The first kappa shape index (κ1) is 34.1. The van der Waals surface area contributed by atoms with Gasteiger partial charge in [-0.1, -0.05) is 20.8 Å². The monoisotopic (exact) mass is 614 g/mol. The number of nitrogens with zero attached hydrogens (tertiary/aromatic N) is 1. The molecule has 4 fully saturated rings. The van der Waals surface area contributed by atoms with Gasteiger partial charge in [0.1, 0.15) is 0 Å². The van der Waals surface area contributed by atoms with Crippen molar-refractivity contribution >= 4 is 16.0 Å². The molecule has 0 aliphatic heterocycles. The highest BCUT2D eigenvalue weighted by Gasteiger charge is 2.65. The smallest absolute Gasteiger partial charge is 0.220 e. The van der Waals surface area contributed by atoms with E-state index in [1.807, 2.05) is 14.1 Å². The lowest BCUT2D eigenvalue weighted by Gasteiger charge is -2.63. The van der Waals surface area contributed by atoms with Crippen molar-refractivity contribution in [3.63, 3.8) is 0 Å². The number of carbonyl (C=O) groups is 1. The molecule has 1 amide bonds. The highest BCUT2D eigenvalue weighted by Crippen LogP contribution is 2.68. The van der Waals surface area contributed by atoms with Crippen LogP contribution in [0.3, 0.4) is 0 Å². The van der Waals surface area contributed by atoms with E-state index in [0.717, 1.165) is 64.3 Å². The van der Waals surface area contributed by atoms with Gasteiger partial charge in [0.25, 0.3) is 0 Å². The third-order valence-corrected chi connectivity index (χ3v) is 13.6. The second-order valence-electron chi connectivity index (χ2n) is 15.7. The Labute approximate surface area is 254 Å². The van der Waals surface area contributed by atoms with Gasteiger partial charge in [0, 0.05) is 31.6 Å². The van der Waals surface area contributed by atoms with Crippen molar-refractivity contribution in [1.82, 2.24) is 5.32 Å². The average molecular weight is 615 g/mol. The molecule has 244 valence electrons. The van der Waals surface area contributed by atoms with E-state index in [-0.39, 0.29) is 52.5 Å². The maximum absolute atomic E-state index is 12.7. The lowest BCUT2D eigenvalue weighted by Crippen LogP contribution is -2.62. The summed E-state index contributed by atoms with van der Waals surface area (Å²) >= 11 is 0. The standard InChI is InChI=1S/C32H58N2O7S/c1-21(8-11-29(38)33-14-6-15-34(4,5)16-7-17-42(39,40)41)24-9-10-25-30-26(20-28(37)32(24,25)3)31(2)13-12-23(35)18-22(31)19-27(30)36/h21-28,30,35-37H,6-20H2,1-5H3,(H-,33,38,39,40,41)/t21-,22?,23-,24?,25+,26-,27-,28+,30-,31+,32+/m1/s1. The summed E-state index contributed by atoms with van der Waals surface area (Å²) in [6.45, 7) is 8.78. The van der Waals surface area contributed by atoms with Gasteiger partial charge in [-0.05, 0) is 97.7 Å². The van der Waals surface area contributed by atoms with Crippen molar-refractivity contribution in [2.45, 2.75) is 110 Å². The van der Waals surface area contributed by atoms with Gasteiger partial charge in [0.15, 0.2) is 0 Å². The van der Waals surface area contributed by atoms with E-state index >= 15 is 0 Å². The third-order valence-electron chi connectivity index (χ3n) is 12.8. The third kappa shape index (κ3) is 7.20. The van der Waals surface area contributed by atoms with E-state index < -0.39 is 16.2 Å². The number of carbonyl (C=O) groups excluding carboxylic acids is 1. The topological polar surface area (TPSA) is 147 Å². The van der Waals surface area contributed by atoms with E-state index in [1.54, 1.807) is 0 Å². The van der Waals surface area contributed by atoms with Gasteiger partial charge >= 0.3 is 0 Å². The highest BCUT2D eigenvalue weighted by molar-refractivity contribution is 7.85. The van der Waals surface area contributed by atoms with E-state index in [1.165, 1.54) is 0 Å². The number of hydrogen-bond donors (Lipinski definition) is 4. The van der Waals surface area contributed by atoms with Crippen LogP contribution in [-0.2, 0) is 14.9 Å². The summed E-state index contributed by atoms with van der Waals surface area (Å²) in [7, 11) is -0.177. The Morgan fingerprint density at radius 2 is 1.71 bits per heavy atom. The molecule has 0 radical (unpaired) electrons. The number of amides is 1. The second kappa shape index (κ2) is 12.9. The van der Waals surface area contributed by atoms with E-state index in [4.69, 9.17) is 0 Å². The number of aliphatic hydroxyl groups is 3. The SMILES string of the molecule is C[C@H](CCC(=O)NCCC[N+](C)(C)CCCS(=O)(=O)[O-])C1CC[C@H]2[C@H]3[C@H](O)CC4C[C@H](O)CC[C@]4(C)[C@@H]3C[C@H](O)[C@@]12C. The molecule has 0 aromatic carbocycles. The molecule has 0 bridgehead atoms. The lowest BCUT2D eigenvalue weighted by molar-refractivity contribution is -0.890. The first-order chi connectivity index (χ1) is 19.5. The van der Waals surface area contributed by atoms with Crippen LogP contribution in [0.4, 0.5) is 0 Å². The van der Waals surface area contributed by atoms with Crippen molar-refractivity contribution < 1.29 is 37.6 Å². The van der Waals surface area contributed by atoms with Gasteiger partial charge in [-0.3, -0.25) is 4.79 Å². The van der Waals surface area contributed by atoms with Crippen molar-refractivity contribution in [2.75, 3.05) is 39.5 Å². The molecular weight excluding hydrogens is 556 g/mol. The molecule has 2 unspecified atom stereocenters. The summed E-state index contributed by atoms with van der Waals surface area (Å²) in [4.78, 5) is 12.7. The molecule has 0 heterocycles. The van der Waals surface area contributed by atoms with Crippen LogP contribution in [0.5, 0.6) is 0 Å². The normalized spacial score (nSPS) is 41.0. The average Bonchev–Trinajstić information content (AvgIpc) is 3.24. The molecule has 4 aliphatic carbocycles. The highest BCUT2D eigenvalue weighted by atomic mass is 32.2. The van der Waals surface area contributed by atoms with Crippen LogP contribution < -0.4 is 5.32 Å². The predicted molar refractivity (Wildman–Crippen MR) is 161 cm³/mol. The Morgan fingerprint density at radius 3 is 2.40 bits per heavy atom. The Balaban J connectivity index is 1.27. The largest absolute Gasteiger partial charge is 0.748 e. The van der Waals surface area contributed by atoms with Crippen molar-refractivity contribution in [2.24, 2.45) is 46.3 Å². The van der Waals surface area contributed by atoms with E-state index in [2.05, 4.69) is 26.1 Å². The van der Waals surface area contributed by atoms with Crippen molar-refractivity contribution in [1.29, 1.82) is 0 Å². The zero-order chi connectivity index (χ0) is 31.1. The maximum Gasteiger partial charge on any atom is 0.220 e. The minimum atomic E-state index is -4.18. The van der Waals surface area contributed by atoms with Gasteiger partial charge in [0.05, 0.1) is 55.6 Å². The molecule has 42 heavy (non-hydrogen) atoms. The molecular formula is C32H58N2O7S. The molecule has 4 aliphatic rings. The molecule has 4 rings (SSSR count). The van der Waals surface area contributed by atoms with Crippen LogP contribution in [0.25, 0.3) is 0 Å². The number of fused-ring (bicyclic) bond motifs is 5. The Hall–Kier alpha value is -0.780. The summed E-state index contributed by atoms with van der Waals surface area (Å²) in [5.41, 5.74) is -0.191. The summed E-state index contributed by atoms with van der Waals surface area (Å²) in [5, 5.41) is 36.6. The maximum atomic E-state index is 12.7. The fourth-order valence-corrected chi connectivity index (χ4v) is 10.8. The minimum Gasteiger partial charge on any atom is -0.748 e. The molecule has 4 N–H and O–H groups in total. The zero-order valence-corrected chi connectivity index (χ0v) is 27.4. The number of quaternary nitrogens is 1. The number of hydrogen-bond acceptors (Lipinski definition) is 7. The van der Waals surface area contributed by atoms with Gasteiger partial charge in [-0.15, -0.1) is 0 Å². The number of aliphatic hydroxyl groups excluding tert-OH is 3. The van der Waals surface area contributed by atoms with Crippen LogP contribution in [-0.4, -0.2) is 96.5 Å². The fourth-order valence-electron chi connectivity index (χ4n) is 10.3. The Kier molecular flexibility index (Phi) is 10.5. The predicted octanol–water partition coefficient (Wildman–Crippen LogP) is 2.88. The molecule has 0 aromatic rings. The second-order valence-corrected chi connectivity index (χ2v) is 17.3. The Bertz CT molecular complexity index is 1050. The molecule has 11 atom stereocenters.